The SMILES string of the molecule is COc1cccc(-c2nnn(CC(=O)NCc3ccc(F)cc3)n2)c1. The minimum absolute atomic E-state index is 0.0574. The van der Waals surface area contributed by atoms with Crippen molar-refractivity contribution >= 4 is 5.91 Å². The monoisotopic (exact) mass is 341 g/mol. The molecule has 0 saturated carbocycles. The maximum absolute atomic E-state index is 12.8. The molecule has 1 aromatic heterocycles. The maximum Gasteiger partial charge on any atom is 0.243 e. The number of nitrogens with one attached hydrogen (secondary N) is 1. The predicted octanol–water partition coefficient (Wildman–Crippen LogP) is 1.80. The van der Waals surface area contributed by atoms with Crippen LogP contribution in [0.1, 0.15) is 5.56 Å². The van der Waals surface area contributed by atoms with Crippen molar-refractivity contribution in [2.45, 2.75) is 13.1 Å². The molecule has 0 atom stereocenters. The Labute approximate surface area is 143 Å². The highest BCUT2D eigenvalue weighted by Gasteiger charge is 2.10. The molecule has 0 fully saturated rings. The molecule has 1 heterocycles. The van der Waals surface area contributed by atoms with E-state index in [0.717, 1.165) is 11.1 Å². The molecule has 0 spiro atoms. The summed E-state index contributed by atoms with van der Waals surface area (Å²) in [6.07, 6.45) is 0. The van der Waals surface area contributed by atoms with E-state index >= 15 is 0 Å². The molecule has 7 nitrogen and oxygen atoms in total. The zero-order valence-electron chi connectivity index (χ0n) is 13.5. The van der Waals surface area contributed by atoms with Crippen LogP contribution in [0.15, 0.2) is 48.5 Å². The van der Waals surface area contributed by atoms with Crippen LogP contribution in [0.3, 0.4) is 0 Å². The standard InChI is InChI=1S/C17H16FN5O2/c1-25-15-4-2-3-13(9-15)17-20-22-23(21-17)11-16(24)19-10-12-5-7-14(18)8-6-12/h2-9H,10-11H2,1H3,(H,19,24). The van der Waals surface area contributed by atoms with Crippen LogP contribution < -0.4 is 10.1 Å². The van der Waals surface area contributed by atoms with Gasteiger partial charge in [-0.2, -0.15) is 4.80 Å². The largest absolute Gasteiger partial charge is 0.497 e. The lowest BCUT2D eigenvalue weighted by molar-refractivity contribution is -0.122. The van der Waals surface area contributed by atoms with Crippen molar-refractivity contribution in [3.63, 3.8) is 0 Å². The molecule has 2 aromatic carbocycles. The molecule has 128 valence electrons. The van der Waals surface area contributed by atoms with E-state index in [2.05, 4.69) is 20.7 Å². The van der Waals surface area contributed by atoms with Crippen molar-refractivity contribution in [3.05, 3.63) is 59.9 Å². The second kappa shape index (κ2) is 7.52. The Hall–Kier alpha value is -3.29. The highest BCUT2D eigenvalue weighted by molar-refractivity contribution is 5.75. The predicted molar refractivity (Wildman–Crippen MR) is 88.1 cm³/mol. The number of tetrazole rings is 1. The molecule has 0 aliphatic carbocycles. The summed E-state index contributed by atoms with van der Waals surface area (Å²) in [7, 11) is 1.58. The van der Waals surface area contributed by atoms with Gasteiger partial charge in [0.1, 0.15) is 18.1 Å². The first-order chi connectivity index (χ1) is 12.1. The van der Waals surface area contributed by atoms with E-state index in [4.69, 9.17) is 4.74 Å². The zero-order chi connectivity index (χ0) is 17.6. The molecule has 0 radical (unpaired) electrons. The van der Waals surface area contributed by atoms with E-state index in [0.29, 0.717) is 18.1 Å². The van der Waals surface area contributed by atoms with Gasteiger partial charge in [-0.05, 0) is 35.0 Å². The van der Waals surface area contributed by atoms with Gasteiger partial charge in [0.05, 0.1) is 7.11 Å². The Morgan fingerprint density at radius 3 is 2.80 bits per heavy atom. The lowest BCUT2D eigenvalue weighted by Gasteiger charge is -2.04. The number of methoxy groups -OCH3 is 1. The summed E-state index contributed by atoms with van der Waals surface area (Å²) in [5, 5.41) is 14.7. The lowest BCUT2D eigenvalue weighted by Crippen LogP contribution is -2.28. The van der Waals surface area contributed by atoms with Crippen molar-refractivity contribution < 1.29 is 13.9 Å². The number of hydrogen-bond acceptors (Lipinski definition) is 5. The summed E-state index contributed by atoms with van der Waals surface area (Å²) < 4.78 is 18.0. The second-order valence-corrected chi connectivity index (χ2v) is 5.28. The number of amides is 1. The highest BCUT2D eigenvalue weighted by Crippen LogP contribution is 2.19. The molecule has 0 unspecified atom stereocenters. The second-order valence-electron chi connectivity index (χ2n) is 5.28. The lowest BCUT2D eigenvalue weighted by atomic mass is 10.2. The van der Waals surface area contributed by atoms with Gasteiger partial charge in [0.25, 0.3) is 0 Å². The van der Waals surface area contributed by atoms with Crippen molar-refractivity contribution in [1.82, 2.24) is 25.5 Å². The normalized spacial score (nSPS) is 10.5. The Kier molecular flexibility index (Phi) is 4.98. The van der Waals surface area contributed by atoms with Crippen LogP contribution in [0.5, 0.6) is 5.75 Å². The van der Waals surface area contributed by atoms with Gasteiger partial charge < -0.3 is 10.1 Å². The number of aromatic nitrogens is 4. The minimum atomic E-state index is -0.313. The van der Waals surface area contributed by atoms with Gasteiger partial charge in [0.15, 0.2) is 0 Å². The van der Waals surface area contributed by atoms with Crippen molar-refractivity contribution in [2.24, 2.45) is 0 Å². The molecule has 0 saturated heterocycles. The molecule has 3 rings (SSSR count). The van der Waals surface area contributed by atoms with E-state index in [1.165, 1.54) is 16.9 Å². The summed E-state index contributed by atoms with van der Waals surface area (Å²) in [5.41, 5.74) is 1.55. The third kappa shape index (κ3) is 4.37. The molecule has 25 heavy (non-hydrogen) atoms. The number of halogens is 1. The summed E-state index contributed by atoms with van der Waals surface area (Å²) in [6, 6.07) is 13.2. The fourth-order valence-electron chi connectivity index (χ4n) is 2.18. The van der Waals surface area contributed by atoms with Crippen molar-refractivity contribution in [2.75, 3.05) is 7.11 Å². The molecule has 0 aliphatic rings. The average Bonchev–Trinajstić information content (AvgIpc) is 3.10. The number of nitrogens with zero attached hydrogens (tertiary/aromatic N) is 4. The van der Waals surface area contributed by atoms with E-state index in [9.17, 15) is 9.18 Å². The van der Waals surface area contributed by atoms with Gasteiger partial charge >= 0.3 is 0 Å². The van der Waals surface area contributed by atoms with E-state index in [1.807, 2.05) is 18.2 Å². The van der Waals surface area contributed by atoms with Gasteiger partial charge in [-0.15, -0.1) is 10.2 Å². The van der Waals surface area contributed by atoms with Crippen LogP contribution in [0.25, 0.3) is 11.4 Å². The number of carbonyl (C=O) groups excluding carboxylic acids is 1. The molecule has 0 aliphatic heterocycles. The first-order valence-corrected chi connectivity index (χ1v) is 7.57. The quantitative estimate of drug-likeness (QED) is 0.739. The van der Waals surface area contributed by atoms with E-state index < -0.39 is 0 Å². The van der Waals surface area contributed by atoms with Crippen LogP contribution in [-0.4, -0.2) is 33.2 Å². The Balaban J connectivity index is 1.58. The number of benzene rings is 2. The molecular weight excluding hydrogens is 325 g/mol. The number of rotatable bonds is 6. The number of ether oxygens (including phenoxy) is 1. The van der Waals surface area contributed by atoms with E-state index in [1.54, 1.807) is 25.3 Å². The van der Waals surface area contributed by atoms with Crippen LogP contribution in [0, 0.1) is 5.82 Å². The van der Waals surface area contributed by atoms with Crippen LogP contribution in [0.2, 0.25) is 0 Å². The molecule has 1 amide bonds. The third-order valence-corrected chi connectivity index (χ3v) is 3.47. The Morgan fingerprint density at radius 2 is 2.04 bits per heavy atom. The molecule has 3 aromatic rings. The summed E-state index contributed by atoms with van der Waals surface area (Å²) in [6.45, 7) is 0.245. The third-order valence-electron chi connectivity index (χ3n) is 3.47. The first kappa shape index (κ1) is 16.6. The minimum Gasteiger partial charge on any atom is -0.497 e. The fraction of sp³-hybridized carbons (Fsp3) is 0.176. The highest BCUT2D eigenvalue weighted by atomic mass is 19.1. The average molecular weight is 341 g/mol. The van der Waals surface area contributed by atoms with Gasteiger partial charge in [-0.25, -0.2) is 4.39 Å². The van der Waals surface area contributed by atoms with Crippen LogP contribution >= 0.6 is 0 Å². The van der Waals surface area contributed by atoms with Crippen molar-refractivity contribution in [1.29, 1.82) is 0 Å². The molecule has 8 heteroatoms. The van der Waals surface area contributed by atoms with Gasteiger partial charge in [0.2, 0.25) is 11.7 Å². The maximum atomic E-state index is 12.8. The number of carbonyl (C=O) groups is 1. The smallest absolute Gasteiger partial charge is 0.243 e. The van der Waals surface area contributed by atoms with E-state index in [-0.39, 0.29) is 18.3 Å². The zero-order valence-corrected chi connectivity index (χ0v) is 13.5. The fourth-order valence-corrected chi connectivity index (χ4v) is 2.18. The van der Waals surface area contributed by atoms with Crippen molar-refractivity contribution in [3.8, 4) is 17.1 Å². The molecule has 0 bridgehead atoms. The number of hydrogen-bond donors (Lipinski definition) is 1. The summed E-state index contributed by atoms with van der Waals surface area (Å²) >= 11 is 0. The van der Waals surface area contributed by atoms with Gasteiger partial charge in [0, 0.05) is 12.1 Å². The summed E-state index contributed by atoms with van der Waals surface area (Å²) in [4.78, 5) is 13.2. The topological polar surface area (TPSA) is 81.9 Å². The summed E-state index contributed by atoms with van der Waals surface area (Å²) in [5.74, 6) is 0.516. The van der Waals surface area contributed by atoms with Crippen LogP contribution in [-0.2, 0) is 17.9 Å². The van der Waals surface area contributed by atoms with Crippen LogP contribution in [0.4, 0.5) is 4.39 Å². The molecular formula is C17H16FN5O2. The Morgan fingerprint density at radius 1 is 1.24 bits per heavy atom. The molecule has 1 N–H and O–H groups in total. The first-order valence-electron chi connectivity index (χ1n) is 7.57. The van der Waals surface area contributed by atoms with Gasteiger partial charge in [-0.1, -0.05) is 24.3 Å². The Bertz CT molecular complexity index is 863. The van der Waals surface area contributed by atoms with Gasteiger partial charge in [-0.3, -0.25) is 4.79 Å².